The number of ether oxygens (including phenoxy) is 11. The monoisotopic (exact) mass is 1520 g/mol. The lowest BCUT2D eigenvalue weighted by atomic mass is 9.56. The molecular weight excluding hydrogens is 1370 g/mol. The van der Waals surface area contributed by atoms with Crippen molar-refractivity contribution in [3.8, 4) is 0 Å². The summed E-state index contributed by atoms with van der Waals surface area (Å²) < 4.78 is 86.5. The molecule has 24 nitrogen and oxygen atoms in total. The van der Waals surface area contributed by atoms with E-state index in [9.17, 15) is 56.7 Å². The number of rotatable bonds is 15. The normalized spacial score (nSPS) is 35.0. The highest BCUT2D eigenvalue weighted by Crippen LogP contribution is 2.61. The Kier molecular flexibility index (Phi) is 31.1. The summed E-state index contributed by atoms with van der Waals surface area (Å²) in [4.78, 5) is 113. The van der Waals surface area contributed by atoms with E-state index in [-0.39, 0.29) is 150 Å². The van der Waals surface area contributed by atoms with Crippen molar-refractivity contribution in [2.45, 2.75) is 387 Å². The molecule has 610 valence electrons. The molecule has 8 aliphatic carbocycles. The third-order valence-corrected chi connectivity index (χ3v) is 24.5. The molecule has 0 radical (unpaired) electrons. The fourth-order valence-electron chi connectivity index (χ4n) is 17.5. The molecule has 16 rings (SSSR count). The van der Waals surface area contributed by atoms with Crippen LogP contribution in [0.15, 0.2) is 0 Å². The first-order valence-corrected chi connectivity index (χ1v) is 37.1. The zero-order chi connectivity index (χ0) is 72.1. The molecule has 0 aromatic rings. The van der Waals surface area contributed by atoms with E-state index in [1.54, 1.807) is 21.0 Å². The van der Waals surface area contributed by atoms with Gasteiger partial charge in [0.15, 0.2) is 0 Å². The molecule has 2 N–H and O–H groups in total. The molecule has 16 unspecified atom stereocenters. The smallest absolute Gasteiger partial charge is 0.312 e. The highest BCUT2D eigenvalue weighted by atomic mass is 32.2. The molecule has 8 saturated heterocycles. The molecule has 105 heavy (non-hydrogen) atoms. The third kappa shape index (κ3) is 20.5. The van der Waals surface area contributed by atoms with Gasteiger partial charge in [-0.25, -0.2) is 8.42 Å². The van der Waals surface area contributed by atoms with Crippen LogP contribution >= 0.6 is 0 Å². The Morgan fingerprint density at radius 3 is 1.00 bits per heavy atom. The van der Waals surface area contributed by atoms with E-state index in [2.05, 4.69) is 0 Å². The maximum Gasteiger partial charge on any atom is 0.312 e. The lowest BCUT2D eigenvalue weighted by Gasteiger charge is -2.52. The van der Waals surface area contributed by atoms with Crippen LogP contribution < -0.4 is 0 Å². The maximum absolute atomic E-state index is 13.1. The number of carbonyl (C=O) groups excluding carboxylic acids is 9. The zero-order valence-corrected chi connectivity index (χ0v) is 61.2. The van der Waals surface area contributed by atoms with E-state index in [1.165, 1.54) is 0 Å². The fraction of sp³-hybridized carbons (Fsp3) is 0.875. The summed E-state index contributed by atoms with van der Waals surface area (Å²) >= 11 is 0. The van der Waals surface area contributed by atoms with Crippen LogP contribution in [0, 0.1) is 56.2 Å². The Hall–Kier alpha value is -5.43. The van der Waals surface area contributed by atoms with Crippen LogP contribution in [0.4, 0.5) is 0 Å². The van der Waals surface area contributed by atoms with E-state index in [1.807, 2.05) is 90.0 Å². The molecule has 0 aromatic heterocycles. The van der Waals surface area contributed by atoms with E-state index in [0.717, 1.165) is 12.7 Å². The molecule has 25 heteroatoms. The summed E-state index contributed by atoms with van der Waals surface area (Å²) in [6.45, 7) is 28.1. The lowest BCUT2D eigenvalue weighted by Crippen LogP contribution is -2.58. The van der Waals surface area contributed by atoms with Crippen LogP contribution in [-0.4, -0.2) is 155 Å². The molecule has 16 atom stereocenters. The average molecular weight is 1520 g/mol. The second kappa shape index (κ2) is 33.4. The first-order valence-electron chi connectivity index (χ1n) is 35.2. The Balaban J connectivity index is 0.000000686. The average Bonchev–Trinajstić information content (AvgIpc) is 1.70. The van der Waals surface area contributed by atoms with Crippen molar-refractivity contribution >= 4 is 68.8 Å². The minimum atomic E-state index is -3.81. The van der Waals surface area contributed by atoms with Crippen molar-refractivity contribution in [3.05, 3.63) is 0 Å². The first kappa shape index (κ1) is 97.6. The van der Waals surface area contributed by atoms with Gasteiger partial charge in [0.1, 0.15) is 58.0 Å². The summed E-state index contributed by atoms with van der Waals surface area (Å²) in [5, 5.41) is 17.7. The third-order valence-electron chi connectivity index (χ3n) is 23.8. The molecular formula is C80H141NO23S. The van der Waals surface area contributed by atoms with Gasteiger partial charge >= 0.3 is 59.0 Å². The summed E-state index contributed by atoms with van der Waals surface area (Å²) in [6, 6.07) is 0. The van der Waals surface area contributed by atoms with Gasteiger partial charge in [-0.05, 0) is 121 Å². The van der Waals surface area contributed by atoms with E-state index in [4.69, 9.17) is 57.5 Å². The van der Waals surface area contributed by atoms with Gasteiger partial charge in [-0.1, -0.05) is 87.1 Å². The van der Waals surface area contributed by atoms with Crippen LogP contribution in [0.1, 0.15) is 317 Å². The predicted molar refractivity (Wildman–Crippen MR) is 401 cm³/mol. The number of nitrogens with one attached hydrogen (secondary N) is 1. The Bertz CT molecular complexity index is 3280. The number of hydrogen-bond donors (Lipinski definition) is 2. The van der Waals surface area contributed by atoms with Gasteiger partial charge in [0.2, 0.25) is 9.84 Å². The zero-order valence-electron chi connectivity index (χ0n) is 60.4. The largest absolute Gasteiger partial charge is 0.463 e. The van der Waals surface area contributed by atoms with Crippen LogP contribution in [0.25, 0.3) is 0 Å². The Morgan fingerprint density at radius 1 is 0.410 bits per heavy atom. The molecule has 16 bridgehead atoms. The summed E-state index contributed by atoms with van der Waals surface area (Å²) in [5.74, 6) is -3.98. The molecule has 8 saturated carbocycles. The first-order chi connectivity index (χ1) is 44.5. The van der Waals surface area contributed by atoms with Gasteiger partial charge in [0.05, 0.1) is 61.9 Å². The van der Waals surface area contributed by atoms with Gasteiger partial charge in [0.25, 0.3) is 0 Å². The molecule has 0 spiro atoms. The fourth-order valence-corrected chi connectivity index (χ4v) is 17.8. The molecule has 8 heterocycles. The lowest BCUT2D eigenvalue weighted by molar-refractivity contribution is -0.208. The number of hydrogen-bond acceptors (Lipinski definition) is 24. The molecule has 16 fully saturated rings. The Morgan fingerprint density at radius 2 is 0.676 bits per heavy atom. The van der Waals surface area contributed by atoms with E-state index >= 15 is 0 Å². The minimum Gasteiger partial charge on any atom is -0.463 e. The van der Waals surface area contributed by atoms with Crippen molar-refractivity contribution < 1.29 is 109 Å². The number of fused-ring (bicyclic) bond motifs is 4. The molecule has 0 aromatic carbocycles. The van der Waals surface area contributed by atoms with Crippen LogP contribution in [0.3, 0.4) is 0 Å². The van der Waals surface area contributed by atoms with Crippen molar-refractivity contribution in [1.82, 2.24) is 0 Å². The van der Waals surface area contributed by atoms with Crippen LogP contribution in [-0.2, 0) is 105 Å². The van der Waals surface area contributed by atoms with E-state index < -0.39 is 111 Å². The summed E-state index contributed by atoms with van der Waals surface area (Å²) in [7, 11) is -2.13. The van der Waals surface area contributed by atoms with Crippen molar-refractivity contribution in [3.63, 3.8) is 0 Å². The summed E-state index contributed by atoms with van der Waals surface area (Å²) in [6.07, 6.45) is 11.3. The van der Waals surface area contributed by atoms with E-state index in [0.29, 0.717) is 135 Å². The van der Waals surface area contributed by atoms with Gasteiger partial charge in [-0.2, -0.15) is 0 Å². The van der Waals surface area contributed by atoms with Crippen molar-refractivity contribution in [2.75, 3.05) is 13.4 Å². The standard InChI is InChI=1S/C21H32O6.C18H27NO7S.C17H26O5.C16H24O5.8CH4/c1-7-19(5,6)16(23)27-21-9-13-8-20(12-21,17(24)26-18(2,3)4)10-14(11-21)25-15(13)22;1-5-16(2,3)14(21)25-17-6-11-7-18(10-17,26-15(19)27(4,22)23)9-12(8-17)24-13(11)20;1-5-15(2,3)14(19)22-17-7-11-6-16(10-17,20-4)8-12(9-17)21-13(11)18;1-4-14(2,3)13(18)21-16-6-10-5-15(19,9-16)7-11(8-16)20-12(10)17;;;;;;;;/h13-14H,7-12H2,1-6H3;11-12,19H,5-10H2,1-4H3;11-12H,5-10H2,1-4H3;10-11,19H,4-9H2,1-3H3;8*1H4. The quantitative estimate of drug-likeness (QED) is 0.0665. The van der Waals surface area contributed by atoms with Gasteiger partial charge in [-0.3, -0.25) is 48.6 Å². The highest BCUT2D eigenvalue weighted by molar-refractivity contribution is 8.05. The van der Waals surface area contributed by atoms with Crippen LogP contribution in [0.2, 0.25) is 0 Å². The minimum absolute atomic E-state index is 0. The predicted octanol–water partition coefficient (Wildman–Crippen LogP) is 15.2. The van der Waals surface area contributed by atoms with Crippen molar-refractivity contribution in [2.24, 2.45) is 50.7 Å². The molecule has 0 amide bonds. The number of aliphatic hydroxyl groups is 1. The van der Waals surface area contributed by atoms with Gasteiger partial charge in [-0.15, -0.1) is 0 Å². The summed E-state index contributed by atoms with van der Waals surface area (Å²) in [5.41, 5.74) is -9.31. The highest BCUT2D eigenvalue weighted by Gasteiger charge is 2.68. The van der Waals surface area contributed by atoms with Crippen LogP contribution in [0.5, 0.6) is 0 Å². The second-order valence-corrected chi connectivity index (χ2v) is 36.9. The topological polar surface area (TPSA) is 333 Å². The second-order valence-electron chi connectivity index (χ2n) is 35.0. The SMILES string of the molecule is C.C.C.C.C.C.C.C.CCC(C)(C)C(=O)OC12CC3CC(C(=O)OC(C)(C)C)(CC(C1)C(=O)O3)C2.CCC(C)(C)C(=O)OC12CC3CC(O)(CC(C1)C(=O)O3)C2.CCC(C)(C)C(=O)OC12CC3CC(OC(=N)S(C)(=O)=O)(CC(C1)C(=O)O3)C2.CCC(C)(C)C(=O)OC12CC3CC(OC)(CC(C1)C(=O)O3)C2. The molecule has 16 aliphatic rings. The number of carbonyl (C=O) groups is 9. The van der Waals surface area contributed by atoms with Crippen molar-refractivity contribution in [1.29, 1.82) is 5.41 Å². The number of methoxy groups -OCH3 is 1. The molecule has 8 aliphatic heterocycles. The number of sulfone groups is 1. The van der Waals surface area contributed by atoms with Gasteiger partial charge in [0, 0.05) is 123 Å². The maximum atomic E-state index is 13.1. The number of esters is 9. The Labute approximate surface area is 630 Å². The van der Waals surface area contributed by atoms with Gasteiger partial charge < -0.3 is 57.2 Å².